The predicted molar refractivity (Wildman–Crippen MR) is 95.0 cm³/mol. The van der Waals surface area contributed by atoms with E-state index in [0.717, 1.165) is 11.4 Å². The molecule has 0 aliphatic carbocycles. The molecular formula is C17H21N3O3S. The molecule has 0 aliphatic rings. The molecule has 1 N–H and O–H groups in total. The van der Waals surface area contributed by atoms with Crippen molar-refractivity contribution in [2.45, 2.75) is 25.4 Å². The van der Waals surface area contributed by atoms with E-state index in [1.165, 1.54) is 11.8 Å². The number of nitrogens with zero attached hydrogens (tertiary/aromatic N) is 2. The lowest BCUT2D eigenvalue weighted by molar-refractivity contribution is -0.115. The van der Waals surface area contributed by atoms with E-state index in [9.17, 15) is 4.79 Å². The van der Waals surface area contributed by atoms with Crippen molar-refractivity contribution in [3.05, 3.63) is 35.7 Å². The first-order valence-electron chi connectivity index (χ1n) is 7.49. The van der Waals surface area contributed by atoms with Crippen molar-refractivity contribution in [1.29, 1.82) is 0 Å². The van der Waals surface area contributed by atoms with E-state index in [0.29, 0.717) is 34.5 Å². The molecule has 0 unspecified atom stereocenters. The summed E-state index contributed by atoms with van der Waals surface area (Å²) in [5.41, 5.74) is 2.48. The van der Waals surface area contributed by atoms with Crippen LogP contribution in [0, 0.1) is 13.8 Å². The Labute approximate surface area is 146 Å². The third-order valence-electron chi connectivity index (χ3n) is 3.20. The number of aryl methyl sites for hydroxylation is 2. The standard InChI is InChI=1S/C17H21N3O3S/c1-11-9-12(2)19-17(18-11)24-8-7-16(21)20-14-6-5-13(22-3)10-15(14)23-4/h5-6,9-10H,7-8H2,1-4H3,(H,20,21). The van der Waals surface area contributed by atoms with Crippen molar-refractivity contribution >= 4 is 23.4 Å². The van der Waals surface area contributed by atoms with Gasteiger partial charge < -0.3 is 14.8 Å². The minimum absolute atomic E-state index is 0.0876. The molecule has 0 radical (unpaired) electrons. The van der Waals surface area contributed by atoms with Crippen molar-refractivity contribution in [2.75, 3.05) is 25.3 Å². The van der Waals surface area contributed by atoms with Crippen LogP contribution in [0.5, 0.6) is 11.5 Å². The number of anilines is 1. The quantitative estimate of drug-likeness (QED) is 0.612. The number of carbonyl (C=O) groups excluding carboxylic acids is 1. The molecule has 1 amide bonds. The number of hydrogen-bond donors (Lipinski definition) is 1. The third-order valence-corrected chi connectivity index (χ3v) is 4.05. The number of hydrogen-bond acceptors (Lipinski definition) is 6. The summed E-state index contributed by atoms with van der Waals surface area (Å²) in [6, 6.07) is 7.19. The van der Waals surface area contributed by atoms with Crippen LogP contribution in [0.3, 0.4) is 0 Å². The van der Waals surface area contributed by atoms with E-state index in [1.807, 2.05) is 19.9 Å². The van der Waals surface area contributed by atoms with E-state index >= 15 is 0 Å². The maximum absolute atomic E-state index is 12.1. The number of nitrogens with one attached hydrogen (secondary N) is 1. The van der Waals surface area contributed by atoms with Gasteiger partial charge in [-0.15, -0.1) is 0 Å². The van der Waals surface area contributed by atoms with Crippen molar-refractivity contribution < 1.29 is 14.3 Å². The van der Waals surface area contributed by atoms with Crippen molar-refractivity contribution in [1.82, 2.24) is 9.97 Å². The summed E-state index contributed by atoms with van der Waals surface area (Å²) >= 11 is 1.47. The van der Waals surface area contributed by atoms with Crippen LogP contribution in [-0.2, 0) is 4.79 Å². The number of thioether (sulfide) groups is 1. The summed E-state index contributed by atoms with van der Waals surface area (Å²) in [5.74, 6) is 1.75. The molecule has 2 rings (SSSR count). The van der Waals surface area contributed by atoms with Gasteiger partial charge in [0.1, 0.15) is 11.5 Å². The molecule has 1 aromatic carbocycles. The third kappa shape index (κ3) is 5.13. The summed E-state index contributed by atoms with van der Waals surface area (Å²) in [6.45, 7) is 3.86. The number of methoxy groups -OCH3 is 2. The molecule has 1 aromatic heterocycles. The number of amides is 1. The van der Waals surface area contributed by atoms with Gasteiger partial charge in [0.05, 0.1) is 19.9 Å². The number of rotatable bonds is 7. The van der Waals surface area contributed by atoms with Gasteiger partial charge in [-0.1, -0.05) is 11.8 Å². The van der Waals surface area contributed by atoms with Crippen LogP contribution in [0.1, 0.15) is 17.8 Å². The van der Waals surface area contributed by atoms with Gasteiger partial charge in [0.2, 0.25) is 5.91 Å². The van der Waals surface area contributed by atoms with Crippen molar-refractivity contribution in [3.8, 4) is 11.5 Å². The average Bonchev–Trinajstić information content (AvgIpc) is 2.54. The van der Waals surface area contributed by atoms with Crippen LogP contribution < -0.4 is 14.8 Å². The molecule has 0 aliphatic heterocycles. The zero-order valence-electron chi connectivity index (χ0n) is 14.3. The Bertz CT molecular complexity index is 702. The van der Waals surface area contributed by atoms with E-state index in [-0.39, 0.29) is 5.91 Å². The summed E-state index contributed by atoms with van der Waals surface area (Å²) in [4.78, 5) is 20.8. The first-order chi connectivity index (χ1) is 11.5. The molecule has 6 nitrogen and oxygen atoms in total. The largest absolute Gasteiger partial charge is 0.497 e. The SMILES string of the molecule is COc1ccc(NC(=O)CCSc2nc(C)cc(C)n2)c(OC)c1. The maximum atomic E-state index is 12.1. The first-order valence-corrected chi connectivity index (χ1v) is 8.47. The Balaban J connectivity index is 1.89. The Hall–Kier alpha value is -2.28. The second kappa shape index (κ2) is 8.54. The summed E-state index contributed by atoms with van der Waals surface area (Å²) in [6.07, 6.45) is 0.357. The van der Waals surface area contributed by atoms with Crippen molar-refractivity contribution in [2.24, 2.45) is 0 Å². The number of ether oxygens (including phenoxy) is 2. The van der Waals surface area contributed by atoms with Crippen LogP contribution in [0.4, 0.5) is 5.69 Å². The first kappa shape index (κ1) is 18.1. The fourth-order valence-electron chi connectivity index (χ4n) is 2.11. The Morgan fingerprint density at radius 2 is 1.83 bits per heavy atom. The molecule has 0 spiro atoms. The molecule has 0 atom stereocenters. The van der Waals surface area contributed by atoms with E-state index in [2.05, 4.69) is 15.3 Å². The lowest BCUT2D eigenvalue weighted by atomic mass is 10.2. The lowest BCUT2D eigenvalue weighted by Gasteiger charge is -2.11. The van der Waals surface area contributed by atoms with Gasteiger partial charge >= 0.3 is 0 Å². The Morgan fingerprint density at radius 3 is 2.46 bits per heavy atom. The molecule has 128 valence electrons. The molecule has 0 saturated carbocycles. The molecule has 7 heteroatoms. The molecule has 1 heterocycles. The van der Waals surface area contributed by atoms with Crippen molar-refractivity contribution in [3.63, 3.8) is 0 Å². The fourth-order valence-corrected chi connectivity index (χ4v) is 2.99. The summed E-state index contributed by atoms with van der Waals surface area (Å²) in [5, 5.41) is 3.54. The predicted octanol–water partition coefficient (Wildman–Crippen LogP) is 3.23. The maximum Gasteiger partial charge on any atom is 0.225 e. The molecular weight excluding hydrogens is 326 g/mol. The van der Waals surface area contributed by atoms with Gasteiger partial charge in [0, 0.05) is 29.6 Å². The zero-order valence-corrected chi connectivity index (χ0v) is 15.1. The second-order valence-corrected chi connectivity index (χ2v) is 6.21. The van der Waals surface area contributed by atoms with E-state index in [4.69, 9.17) is 9.47 Å². The second-order valence-electron chi connectivity index (χ2n) is 5.15. The number of carbonyl (C=O) groups is 1. The average molecular weight is 347 g/mol. The highest BCUT2D eigenvalue weighted by Gasteiger charge is 2.10. The van der Waals surface area contributed by atoms with Gasteiger partial charge in [0.25, 0.3) is 0 Å². The zero-order chi connectivity index (χ0) is 17.5. The highest BCUT2D eigenvalue weighted by Crippen LogP contribution is 2.29. The topological polar surface area (TPSA) is 73.3 Å². The molecule has 24 heavy (non-hydrogen) atoms. The molecule has 0 fully saturated rings. The fraction of sp³-hybridized carbons (Fsp3) is 0.353. The molecule has 0 saturated heterocycles. The minimum Gasteiger partial charge on any atom is -0.497 e. The van der Waals surface area contributed by atoms with Crippen LogP contribution in [0.2, 0.25) is 0 Å². The summed E-state index contributed by atoms with van der Waals surface area (Å²) < 4.78 is 10.4. The number of benzene rings is 1. The van der Waals surface area contributed by atoms with Gasteiger partial charge in [0.15, 0.2) is 5.16 Å². The van der Waals surface area contributed by atoms with Crippen LogP contribution in [0.15, 0.2) is 29.4 Å². The van der Waals surface area contributed by atoms with E-state index < -0.39 is 0 Å². The molecule has 2 aromatic rings. The lowest BCUT2D eigenvalue weighted by Crippen LogP contribution is -2.13. The van der Waals surface area contributed by atoms with Gasteiger partial charge in [-0.05, 0) is 32.0 Å². The van der Waals surface area contributed by atoms with Crippen LogP contribution >= 0.6 is 11.8 Å². The van der Waals surface area contributed by atoms with Gasteiger partial charge in [-0.2, -0.15) is 0 Å². The smallest absolute Gasteiger partial charge is 0.225 e. The van der Waals surface area contributed by atoms with Gasteiger partial charge in [-0.3, -0.25) is 4.79 Å². The highest BCUT2D eigenvalue weighted by atomic mass is 32.2. The Morgan fingerprint density at radius 1 is 1.12 bits per heavy atom. The van der Waals surface area contributed by atoms with Crippen LogP contribution in [-0.4, -0.2) is 35.8 Å². The van der Waals surface area contributed by atoms with E-state index in [1.54, 1.807) is 32.4 Å². The Kier molecular flexibility index (Phi) is 6.43. The summed E-state index contributed by atoms with van der Waals surface area (Å²) in [7, 11) is 3.14. The highest BCUT2D eigenvalue weighted by molar-refractivity contribution is 7.99. The normalized spacial score (nSPS) is 10.3. The molecule has 0 bridgehead atoms. The van der Waals surface area contributed by atoms with Crippen LogP contribution in [0.25, 0.3) is 0 Å². The van der Waals surface area contributed by atoms with Gasteiger partial charge in [-0.25, -0.2) is 9.97 Å². The number of aromatic nitrogens is 2. The minimum atomic E-state index is -0.0876. The monoisotopic (exact) mass is 347 g/mol.